The molecule has 0 spiro atoms. The molecule has 1 aromatic heterocycles. The Hall–Kier alpha value is -2.86. The molecule has 1 N–H and O–H groups in total. The van der Waals surface area contributed by atoms with Gasteiger partial charge in [-0.2, -0.15) is 0 Å². The fraction of sp³-hybridized carbons (Fsp3) is 0. The van der Waals surface area contributed by atoms with Gasteiger partial charge in [0.25, 0.3) is 5.91 Å². The zero-order chi connectivity index (χ0) is 20.4. The molecule has 3 aromatic carbocycles. The van der Waals surface area contributed by atoms with E-state index in [0.29, 0.717) is 26.6 Å². The molecule has 0 aliphatic rings. The lowest BCUT2D eigenvalue weighted by Gasteiger charge is -2.06. The highest BCUT2D eigenvalue weighted by atomic mass is 35.5. The van der Waals surface area contributed by atoms with E-state index in [1.807, 2.05) is 30.3 Å². The normalized spacial score (nSPS) is 10.7. The van der Waals surface area contributed by atoms with Crippen molar-refractivity contribution in [1.82, 2.24) is 14.8 Å². The minimum Gasteiger partial charge on any atom is -0.318 e. The molecule has 144 valence electrons. The van der Waals surface area contributed by atoms with Crippen LogP contribution >= 0.6 is 34.8 Å². The zero-order valence-corrected chi connectivity index (χ0v) is 17.1. The lowest BCUT2D eigenvalue weighted by molar-refractivity contribution is 0.101. The van der Waals surface area contributed by atoms with Crippen LogP contribution in [0.5, 0.6) is 0 Å². The number of nitrogens with zero attached hydrogens (tertiary/aromatic N) is 3. The molecule has 4 rings (SSSR count). The van der Waals surface area contributed by atoms with Crippen molar-refractivity contribution in [3.8, 4) is 17.1 Å². The summed E-state index contributed by atoms with van der Waals surface area (Å²) < 4.78 is 1.60. The Bertz CT molecular complexity index is 1170. The Labute approximate surface area is 181 Å². The average molecular weight is 444 g/mol. The first kappa shape index (κ1) is 19.5. The van der Waals surface area contributed by atoms with Crippen LogP contribution in [0.2, 0.25) is 15.1 Å². The van der Waals surface area contributed by atoms with Gasteiger partial charge in [-0.1, -0.05) is 65.1 Å². The molecular formula is C21H13Cl3N4O. The van der Waals surface area contributed by atoms with Gasteiger partial charge in [0.1, 0.15) is 0 Å². The Balaban J connectivity index is 1.74. The quantitative estimate of drug-likeness (QED) is 0.412. The fourth-order valence-electron chi connectivity index (χ4n) is 2.71. The van der Waals surface area contributed by atoms with Gasteiger partial charge >= 0.3 is 0 Å². The summed E-state index contributed by atoms with van der Waals surface area (Å²) in [4.78, 5) is 17.2. The summed E-state index contributed by atoms with van der Waals surface area (Å²) in [5, 5.41) is 8.53. The Morgan fingerprint density at radius 3 is 2.24 bits per heavy atom. The Kier molecular flexibility index (Phi) is 5.53. The van der Waals surface area contributed by atoms with Gasteiger partial charge < -0.3 is 5.32 Å². The molecule has 0 atom stereocenters. The molecule has 5 nitrogen and oxygen atoms in total. The van der Waals surface area contributed by atoms with Crippen molar-refractivity contribution in [1.29, 1.82) is 0 Å². The van der Waals surface area contributed by atoms with E-state index in [4.69, 9.17) is 34.8 Å². The van der Waals surface area contributed by atoms with Crippen LogP contribution in [-0.2, 0) is 0 Å². The van der Waals surface area contributed by atoms with Gasteiger partial charge in [-0.15, -0.1) is 5.10 Å². The second-order valence-electron chi connectivity index (χ2n) is 6.09. The molecule has 0 fully saturated rings. The lowest BCUT2D eigenvalue weighted by Crippen LogP contribution is -2.14. The van der Waals surface area contributed by atoms with E-state index in [2.05, 4.69) is 15.4 Å². The van der Waals surface area contributed by atoms with Gasteiger partial charge in [0.05, 0.1) is 16.4 Å². The smallest absolute Gasteiger partial charge is 0.295 e. The number of anilines is 1. The van der Waals surface area contributed by atoms with Gasteiger partial charge in [-0.25, -0.2) is 9.67 Å². The SMILES string of the molecule is O=C(Nc1ccc(Cl)cc1Cl)c1nc(-c2ccccc2)n(-c2ccc(Cl)cc2)n1. The highest BCUT2D eigenvalue weighted by molar-refractivity contribution is 6.36. The minimum absolute atomic E-state index is 0.00446. The molecule has 0 aliphatic heterocycles. The van der Waals surface area contributed by atoms with Crippen LogP contribution in [0.25, 0.3) is 17.1 Å². The Morgan fingerprint density at radius 2 is 1.55 bits per heavy atom. The van der Waals surface area contributed by atoms with Gasteiger partial charge in [0.15, 0.2) is 5.82 Å². The van der Waals surface area contributed by atoms with Crippen LogP contribution in [-0.4, -0.2) is 20.7 Å². The predicted octanol–water partition coefficient (Wildman–Crippen LogP) is 6.15. The molecule has 0 aliphatic carbocycles. The maximum atomic E-state index is 12.8. The van der Waals surface area contributed by atoms with Gasteiger partial charge in [-0.3, -0.25) is 4.79 Å². The zero-order valence-electron chi connectivity index (χ0n) is 14.8. The number of nitrogens with one attached hydrogen (secondary N) is 1. The lowest BCUT2D eigenvalue weighted by atomic mass is 10.2. The number of halogens is 3. The van der Waals surface area contributed by atoms with Gasteiger partial charge in [0.2, 0.25) is 5.82 Å². The van der Waals surface area contributed by atoms with E-state index in [0.717, 1.165) is 11.3 Å². The average Bonchev–Trinajstić information content (AvgIpc) is 3.17. The molecule has 4 aromatic rings. The summed E-state index contributed by atoms with van der Waals surface area (Å²) in [5.41, 5.74) is 1.97. The molecular weight excluding hydrogens is 431 g/mol. The summed E-state index contributed by atoms with van der Waals surface area (Å²) >= 11 is 18.0. The number of rotatable bonds is 4. The third kappa shape index (κ3) is 4.27. The first-order valence-corrected chi connectivity index (χ1v) is 9.69. The molecule has 1 amide bonds. The largest absolute Gasteiger partial charge is 0.318 e. The van der Waals surface area contributed by atoms with Crippen molar-refractivity contribution in [2.45, 2.75) is 0 Å². The van der Waals surface area contributed by atoms with Crippen molar-refractivity contribution in [3.63, 3.8) is 0 Å². The van der Waals surface area contributed by atoms with Crippen LogP contribution in [0.15, 0.2) is 72.8 Å². The van der Waals surface area contributed by atoms with Gasteiger partial charge in [0, 0.05) is 15.6 Å². The number of aromatic nitrogens is 3. The van der Waals surface area contributed by atoms with Gasteiger partial charge in [-0.05, 0) is 42.5 Å². The first-order valence-electron chi connectivity index (χ1n) is 8.56. The standard InChI is InChI=1S/C21H13Cl3N4O/c22-14-6-9-16(10-7-14)28-20(13-4-2-1-3-5-13)26-19(27-28)21(29)25-18-11-8-15(23)12-17(18)24/h1-12H,(H,25,29). The fourth-order valence-corrected chi connectivity index (χ4v) is 3.30. The minimum atomic E-state index is -0.487. The maximum absolute atomic E-state index is 12.8. The molecule has 29 heavy (non-hydrogen) atoms. The summed E-state index contributed by atoms with van der Waals surface area (Å²) in [6.45, 7) is 0. The Morgan fingerprint density at radius 1 is 0.862 bits per heavy atom. The summed E-state index contributed by atoms with van der Waals surface area (Å²) in [7, 11) is 0. The van der Waals surface area contributed by atoms with Crippen molar-refractivity contribution in [3.05, 3.63) is 93.7 Å². The van der Waals surface area contributed by atoms with E-state index in [1.165, 1.54) is 0 Å². The van der Waals surface area contributed by atoms with E-state index in [9.17, 15) is 4.79 Å². The van der Waals surface area contributed by atoms with Crippen molar-refractivity contribution >= 4 is 46.4 Å². The molecule has 0 unspecified atom stereocenters. The maximum Gasteiger partial charge on any atom is 0.295 e. The van der Waals surface area contributed by atoms with Crippen molar-refractivity contribution in [2.75, 3.05) is 5.32 Å². The van der Waals surface area contributed by atoms with Crippen LogP contribution in [0, 0.1) is 0 Å². The molecule has 0 bridgehead atoms. The molecule has 1 heterocycles. The van der Waals surface area contributed by atoms with Crippen LogP contribution in [0.4, 0.5) is 5.69 Å². The second-order valence-corrected chi connectivity index (χ2v) is 7.37. The number of amides is 1. The third-order valence-corrected chi connectivity index (χ3v) is 4.89. The van der Waals surface area contributed by atoms with E-state index < -0.39 is 5.91 Å². The van der Waals surface area contributed by atoms with E-state index >= 15 is 0 Å². The number of hydrogen-bond acceptors (Lipinski definition) is 3. The highest BCUT2D eigenvalue weighted by Gasteiger charge is 2.19. The summed E-state index contributed by atoms with van der Waals surface area (Å²) in [6, 6.07) is 21.4. The van der Waals surface area contributed by atoms with Crippen molar-refractivity contribution in [2.24, 2.45) is 0 Å². The third-order valence-electron chi connectivity index (χ3n) is 4.09. The number of benzene rings is 3. The molecule has 0 saturated carbocycles. The molecule has 8 heteroatoms. The topological polar surface area (TPSA) is 59.8 Å². The predicted molar refractivity (Wildman–Crippen MR) is 116 cm³/mol. The highest BCUT2D eigenvalue weighted by Crippen LogP contribution is 2.26. The van der Waals surface area contributed by atoms with Crippen LogP contribution in [0.1, 0.15) is 10.6 Å². The van der Waals surface area contributed by atoms with Crippen LogP contribution < -0.4 is 5.32 Å². The first-order chi connectivity index (χ1) is 14.0. The van der Waals surface area contributed by atoms with E-state index in [-0.39, 0.29) is 5.82 Å². The monoisotopic (exact) mass is 442 g/mol. The number of hydrogen-bond donors (Lipinski definition) is 1. The number of carbonyl (C=O) groups is 1. The second kappa shape index (κ2) is 8.25. The van der Waals surface area contributed by atoms with E-state index in [1.54, 1.807) is 47.1 Å². The summed E-state index contributed by atoms with van der Waals surface area (Å²) in [5.74, 6) is 0.0456. The van der Waals surface area contributed by atoms with Crippen molar-refractivity contribution < 1.29 is 4.79 Å². The number of carbonyl (C=O) groups excluding carboxylic acids is 1. The molecule has 0 radical (unpaired) electrons. The molecule has 0 saturated heterocycles. The summed E-state index contributed by atoms with van der Waals surface area (Å²) in [6.07, 6.45) is 0. The van der Waals surface area contributed by atoms with Crippen LogP contribution in [0.3, 0.4) is 0 Å².